The van der Waals surface area contributed by atoms with Gasteiger partial charge < -0.3 is 20.6 Å². The molecular weight excluding hydrogens is 342 g/mol. The van der Waals surface area contributed by atoms with E-state index in [9.17, 15) is 9.59 Å². The number of nitrogen functional groups attached to an aromatic ring is 1. The van der Waals surface area contributed by atoms with E-state index in [0.717, 1.165) is 43.7 Å². The van der Waals surface area contributed by atoms with Crippen molar-refractivity contribution < 1.29 is 14.7 Å². The second-order valence-corrected chi connectivity index (χ2v) is 8.10. The fourth-order valence-corrected chi connectivity index (χ4v) is 3.85. The standard InChI is InChI=1S/C21H33N3O3/c1-14(2)13-24(18-7-9-23(10-8-18)16(4)25)20-6-5-17(12-19(20)22)15(3)11-21(26)27/h5-6,12,14-15,18H,7-11,13,22H2,1-4H3,(H,26,27). The quantitative estimate of drug-likeness (QED) is 0.714. The zero-order valence-electron chi connectivity index (χ0n) is 16.9. The van der Waals surface area contributed by atoms with Crippen molar-refractivity contribution in [3.63, 3.8) is 0 Å². The summed E-state index contributed by atoms with van der Waals surface area (Å²) in [6, 6.07) is 6.30. The summed E-state index contributed by atoms with van der Waals surface area (Å²) in [5.74, 6) is -0.249. The Balaban J connectivity index is 2.21. The van der Waals surface area contributed by atoms with Gasteiger partial charge in [0.05, 0.1) is 17.8 Å². The van der Waals surface area contributed by atoms with Crippen LogP contribution >= 0.6 is 0 Å². The number of carbonyl (C=O) groups excluding carboxylic acids is 1. The minimum Gasteiger partial charge on any atom is -0.481 e. The lowest BCUT2D eigenvalue weighted by Crippen LogP contribution is -2.47. The number of rotatable bonds is 7. The van der Waals surface area contributed by atoms with Crippen LogP contribution in [0.5, 0.6) is 0 Å². The molecule has 0 aliphatic carbocycles. The number of anilines is 2. The van der Waals surface area contributed by atoms with Crippen LogP contribution < -0.4 is 10.6 Å². The number of carboxylic acid groups (broad SMARTS) is 1. The first-order chi connectivity index (χ1) is 12.7. The van der Waals surface area contributed by atoms with Gasteiger partial charge in [0.15, 0.2) is 0 Å². The minimum absolute atomic E-state index is 0.0730. The van der Waals surface area contributed by atoms with Crippen molar-refractivity contribution in [2.45, 2.75) is 58.9 Å². The number of aliphatic carboxylic acids is 1. The topological polar surface area (TPSA) is 86.9 Å². The van der Waals surface area contributed by atoms with Crippen molar-refractivity contribution in [2.75, 3.05) is 30.3 Å². The Morgan fingerprint density at radius 3 is 2.37 bits per heavy atom. The molecule has 150 valence electrons. The molecule has 1 saturated heterocycles. The molecule has 2 rings (SSSR count). The van der Waals surface area contributed by atoms with Crippen molar-refractivity contribution in [2.24, 2.45) is 5.92 Å². The summed E-state index contributed by atoms with van der Waals surface area (Å²) >= 11 is 0. The van der Waals surface area contributed by atoms with Gasteiger partial charge in [-0.25, -0.2) is 0 Å². The summed E-state index contributed by atoms with van der Waals surface area (Å²) in [6.07, 6.45) is 1.96. The van der Waals surface area contributed by atoms with Crippen molar-refractivity contribution in [1.29, 1.82) is 0 Å². The maximum atomic E-state index is 11.6. The molecule has 6 nitrogen and oxygen atoms in total. The van der Waals surface area contributed by atoms with E-state index in [1.54, 1.807) is 6.92 Å². The third-order valence-electron chi connectivity index (χ3n) is 5.32. The highest BCUT2D eigenvalue weighted by Gasteiger charge is 2.27. The number of hydrogen-bond donors (Lipinski definition) is 2. The molecule has 0 bridgehead atoms. The summed E-state index contributed by atoms with van der Waals surface area (Å²) in [6.45, 7) is 10.4. The number of amides is 1. The van der Waals surface area contributed by atoms with Crippen LogP contribution in [-0.2, 0) is 9.59 Å². The van der Waals surface area contributed by atoms with Gasteiger partial charge in [-0.3, -0.25) is 9.59 Å². The lowest BCUT2D eigenvalue weighted by molar-refractivity contribution is -0.137. The van der Waals surface area contributed by atoms with Crippen LogP contribution in [0.3, 0.4) is 0 Å². The van der Waals surface area contributed by atoms with Gasteiger partial charge in [0.2, 0.25) is 5.91 Å². The normalized spacial score (nSPS) is 16.4. The highest BCUT2D eigenvalue weighted by molar-refractivity contribution is 5.73. The molecule has 6 heteroatoms. The third kappa shape index (κ3) is 5.62. The number of hydrogen-bond acceptors (Lipinski definition) is 4. The van der Waals surface area contributed by atoms with Gasteiger partial charge in [-0.1, -0.05) is 26.8 Å². The van der Waals surface area contributed by atoms with Crippen LogP contribution in [0.4, 0.5) is 11.4 Å². The molecule has 1 unspecified atom stereocenters. The molecule has 1 aliphatic rings. The molecule has 3 N–H and O–H groups in total. The Morgan fingerprint density at radius 1 is 1.26 bits per heavy atom. The van der Waals surface area contributed by atoms with Crippen LogP contribution in [-0.4, -0.2) is 47.6 Å². The molecule has 1 heterocycles. The molecule has 1 fully saturated rings. The number of likely N-dealkylation sites (tertiary alicyclic amines) is 1. The van der Waals surface area contributed by atoms with E-state index in [1.165, 1.54) is 0 Å². The Hall–Kier alpha value is -2.24. The highest BCUT2D eigenvalue weighted by Crippen LogP contribution is 2.33. The van der Waals surface area contributed by atoms with Crippen molar-refractivity contribution in [3.8, 4) is 0 Å². The van der Waals surface area contributed by atoms with Gasteiger partial charge >= 0.3 is 5.97 Å². The zero-order valence-corrected chi connectivity index (χ0v) is 16.9. The van der Waals surface area contributed by atoms with Gasteiger partial charge in [0.1, 0.15) is 0 Å². The monoisotopic (exact) mass is 375 g/mol. The first-order valence-corrected chi connectivity index (χ1v) is 9.82. The van der Waals surface area contributed by atoms with E-state index >= 15 is 0 Å². The molecule has 0 radical (unpaired) electrons. The van der Waals surface area contributed by atoms with Crippen LogP contribution in [0.2, 0.25) is 0 Å². The van der Waals surface area contributed by atoms with E-state index in [1.807, 2.05) is 30.0 Å². The second-order valence-electron chi connectivity index (χ2n) is 8.10. The van der Waals surface area contributed by atoms with Crippen LogP contribution in [0.15, 0.2) is 18.2 Å². The molecule has 1 aromatic rings. The maximum Gasteiger partial charge on any atom is 0.303 e. The fraction of sp³-hybridized carbons (Fsp3) is 0.619. The first kappa shape index (κ1) is 21.1. The molecule has 27 heavy (non-hydrogen) atoms. The molecular formula is C21H33N3O3. The van der Waals surface area contributed by atoms with Crippen molar-refractivity contribution in [1.82, 2.24) is 4.90 Å². The van der Waals surface area contributed by atoms with Gasteiger partial charge in [-0.15, -0.1) is 0 Å². The van der Waals surface area contributed by atoms with E-state index in [0.29, 0.717) is 17.6 Å². The smallest absolute Gasteiger partial charge is 0.303 e. The van der Waals surface area contributed by atoms with Crippen LogP contribution in [0.25, 0.3) is 0 Å². The molecule has 1 atom stereocenters. The minimum atomic E-state index is -0.802. The number of carbonyl (C=O) groups is 2. The van der Waals surface area contributed by atoms with Crippen molar-refractivity contribution >= 4 is 23.3 Å². The summed E-state index contributed by atoms with van der Waals surface area (Å²) in [7, 11) is 0. The second kappa shape index (κ2) is 9.11. The van der Waals surface area contributed by atoms with Gasteiger partial charge in [0.25, 0.3) is 0 Å². The molecule has 0 saturated carbocycles. The van der Waals surface area contributed by atoms with Crippen LogP contribution in [0.1, 0.15) is 58.4 Å². The number of carboxylic acids is 1. The number of nitrogens with two attached hydrogens (primary N) is 1. The number of nitrogens with zero attached hydrogens (tertiary/aromatic N) is 2. The highest BCUT2D eigenvalue weighted by atomic mass is 16.4. The molecule has 1 amide bonds. The maximum absolute atomic E-state index is 11.6. The Morgan fingerprint density at radius 2 is 1.89 bits per heavy atom. The predicted molar refractivity (Wildman–Crippen MR) is 109 cm³/mol. The molecule has 0 aromatic heterocycles. The predicted octanol–water partition coefficient (Wildman–Crippen LogP) is 3.32. The summed E-state index contributed by atoms with van der Waals surface area (Å²) in [5, 5.41) is 9.02. The Bertz CT molecular complexity index is 667. The molecule has 0 spiro atoms. The van der Waals surface area contributed by atoms with Crippen LogP contribution in [0, 0.1) is 5.92 Å². The number of piperidine rings is 1. The summed E-state index contributed by atoms with van der Waals surface area (Å²) in [4.78, 5) is 26.9. The molecule has 1 aliphatic heterocycles. The third-order valence-corrected chi connectivity index (χ3v) is 5.32. The Labute approximate surface area is 162 Å². The van der Waals surface area contributed by atoms with Crippen molar-refractivity contribution in [3.05, 3.63) is 23.8 Å². The fourth-order valence-electron chi connectivity index (χ4n) is 3.85. The largest absolute Gasteiger partial charge is 0.481 e. The van der Waals surface area contributed by atoms with E-state index in [2.05, 4.69) is 18.7 Å². The zero-order chi connectivity index (χ0) is 20.1. The SMILES string of the molecule is CC(=O)N1CCC(N(CC(C)C)c2ccc(C(C)CC(=O)O)cc2N)CC1. The first-order valence-electron chi connectivity index (χ1n) is 9.82. The summed E-state index contributed by atoms with van der Waals surface area (Å²) < 4.78 is 0. The lowest BCUT2D eigenvalue weighted by atomic mass is 9.95. The van der Waals surface area contributed by atoms with Gasteiger partial charge in [0, 0.05) is 32.6 Å². The number of benzene rings is 1. The van der Waals surface area contributed by atoms with E-state index < -0.39 is 5.97 Å². The lowest BCUT2D eigenvalue weighted by Gasteiger charge is -2.41. The Kier molecular flexibility index (Phi) is 7.11. The molecule has 1 aromatic carbocycles. The van der Waals surface area contributed by atoms with Gasteiger partial charge in [-0.2, -0.15) is 0 Å². The van der Waals surface area contributed by atoms with E-state index in [4.69, 9.17) is 10.8 Å². The average molecular weight is 376 g/mol. The van der Waals surface area contributed by atoms with Gasteiger partial charge in [-0.05, 0) is 42.4 Å². The summed E-state index contributed by atoms with van der Waals surface area (Å²) in [5.41, 5.74) is 9.05. The van der Waals surface area contributed by atoms with E-state index in [-0.39, 0.29) is 18.2 Å². The average Bonchev–Trinajstić information content (AvgIpc) is 2.59.